The van der Waals surface area contributed by atoms with E-state index in [2.05, 4.69) is 15.3 Å². The van der Waals surface area contributed by atoms with E-state index in [9.17, 15) is 22.8 Å². The Morgan fingerprint density at radius 3 is 2.58 bits per heavy atom. The molecule has 2 amide bonds. The summed E-state index contributed by atoms with van der Waals surface area (Å²) in [5, 5.41) is 3.79. The number of hydrogen-bond acceptors (Lipinski definition) is 5. The minimum Gasteiger partial charge on any atom is -0.384 e. The zero-order valence-electron chi connectivity index (χ0n) is 20.3. The molecule has 0 aliphatic rings. The number of carbonyl (C=O) groups excluding carboxylic acids is 2. The Morgan fingerprint density at radius 1 is 1.13 bits per heavy atom. The van der Waals surface area contributed by atoms with Crippen molar-refractivity contribution in [2.75, 3.05) is 24.0 Å². The number of methoxy groups -OCH3 is 1. The molecular weight excluding hydrogens is 523 g/mol. The number of benzene rings is 3. The van der Waals surface area contributed by atoms with Crippen molar-refractivity contribution in [1.29, 1.82) is 0 Å². The first kappa shape index (κ1) is 27.1. The number of fused-ring (bicyclic) bond motifs is 1. The number of ether oxygens (including phenoxy) is 1. The Labute approximate surface area is 220 Å². The Kier molecular flexibility index (Phi) is 7.72. The van der Waals surface area contributed by atoms with Crippen LogP contribution in [0.1, 0.15) is 37.7 Å². The van der Waals surface area contributed by atoms with Gasteiger partial charge in [0.05, 0.1) is 34.5 Å². The van der Waals surface area contributed by atoms with E-state index in [4.69, 9.17) is 22.2 Å². The molecule has 0 bridgehead atoms. The van der Waals surface area contributed by atoms with Gasteiger partial charge in [0.2, 0.25) is 0 Å². The Balaban J connectivity index is 1.79. The van der Waals surface area contributed by atoms with Crippen molar-refractivity contribution < 1.29 is 27.5 Å². The maximum Gasteiger partial charge on any atom is 0.417 e. The lowest BCUT2D eigenvalue weighted by molar-refractivity contribution is -0.137. The number of hydrazine groups is 1. The van der Waals surface area contributed by atoms with E-state index >= 15 is 0 Å². The predicted molar refractivity (Wildman–Crippen MR) is 138 cm³/mol. The van der Waals surface area contributed by atoms with Crippen molar-refractivity contribution >= 4 is 45.8 Å². The van der Waals surface area contributed by atoms with E-state index in [0.29, 0.717) is 45.7 Å². The van der Waals surface area contributed by atoms with Crippen molar-refractivity contribution in [2.45, 2.75) is 19.5 Å². The van der Waals surface area contributed by atoms with Gasteiger partial charge in [-0.25, -0.2) is 15.8 Å². The van der Waals surface area contributed by atoms with Crippen LogP contribution < -0.4 is 16.2 Å². The van der Waals surface area contributed by atoms with Gasteiger partial charge in [-0.15, -0.1) is 0 Å². The number of halogens is 4. The summed E-state index contributed by atoms with van der Waals surface area (Å²) in [6.07, 6.45) is -4.37. The van der Waals surface area contributed by atoms with Gasteiger partial charge >= 0.3 is 6.18 Å². The van der Waals surface area contributed by atoms with Gasteiger partial charge in [0.1, 0.15) is 11.3 Å². The van der Waals surface area contributed by atoms with Gasteiger partial charge in [-0.05, 0) is 48.9 Å². The fourth-order valence-electron chi connectivity index (χ4n) is 3.88. The molecule has 4 rings (SSSR count). The van der Waals surface area contributed by atoms with Crippen LogP contribution in [-0.4, -0.2) is 35.5 Å². The van der Waals surface area contributed by atoms with Crippen molar-refractivity contribution in [3.8, 4) is 0 Å². The smallest absolute Gasteiger partial charge is 0.384 e. The van der Waals surface area contributed by atoms with Gasteiger partial charge in [-0.3, -0.25) is 9.59 Å². The Hall–Kier alpha value is -3.93. The first-order valence-electron chi connectivity index (χ1n) is 11.3. The highest BCUT2D eigenvalue weighted by Crippen LogP contribution is 2.33. The number of aromatic nitrogens is 2. The number of carbonyl (C=O) groups is 2. The van der Waals surface area contributed by atoms with Crippen LogP contribution in [-0.2, 0) is 17.3 Å². The number of alkyl halides is 3. The lowest BCUT2D eigenvalue weighted by Crippen LogP contribution is -2.38. The molecule has 0 aliphatic heterocycles. The number of H-pyrrole nitrogens is 1. The largest absolute Gasteiger partial charge is 0.417 e. The van der Waals surface area contributed by atoms with E-state index in [1.54, 1.807) is 25.1 Å². The second-order valence-corrected chi connectivity index (χ2v) is 8.81. The van der Waals surface area contributed by atoms with E-state index in [1.807, 2.05) is 0 Å². The molecule has 0 atom stereocenters. The number of anilines is 2. The summed E-state index contributed by atoms with van der Waals surface area (Å²) >= 11 is 6.17. The van der Waals surface area contributed by atoms with Crippen LogP contribution in [0.5, 0.6) is 0 Å². The summed E-state index contributed by atoms with van der Waals surface area (Å²) < 4.78 is 45.7. The highest BCUT2D eigenvalue weighted by molar-refractivity contribution is 6.31. The third kappa shape index (κ3) is 5.49. The minimum atomic E-state index is -4.77. The number of hydrogen-bond donors (Lipinski definition) is 3. The van der Waals surface area contributed by atoms with Crippen LogP contribution in [0.4, 0.5) is 24.5 Å². The number of rotatable bonds is 7. The third-order valence-corrected chi connectivity index (χ3v) is 6.29. The molecule has 8 nitrogen and oxygen atoms in total. The summed E-state index contributed by atoms with van der Waals surface area (Å²) in [7, 11) is 1.53. The summed E-state index contributed by atoms with van der Waals surface area (Å²) in [5.41, 5.74) is 0.00184. The van der Waals surface area contributed by atoms with Crippen molar-refractivity contribution in [2.24, 2.45) is 5.84 Å². The molecule has 3 aromatic carbocycles. The molecule has 1 heterocycles. The molecule has 0 spiro atoms. The normalized spacial score (nSPS) is 11.6. The quantitative estimate of drug-likeness (QED) is 0.161. The predicted octanol–water partition coefficient (Wildman–Crippen LogP) is 5.51. The Bertz CT molecular complexity index is 1520. The average molecular weight is 546 g/mol. The van der Waals surface area contributed by atoms with Gasteiger partial charge < -0.3 is 15.0 Å². The number of nitrogens with one attached hydrogen (secondary N) is 2. The molecule has 0 aliphatic carbocycles. The fraction of sp³-hybridized carbons (Fsp3) is 0.192. The van der Waals surface area contributed by atoms with Gasteiger partial charge in [-0.2, -0.15) is 13.2 Å². The monoisotopic (exact) mass is 545 g/mol. The number of imidazole rings is 1. The van der Waals surface area contributed by atoms with E-state index in [1.165, 1.54) is 31.4 Å². The maximum absolute atomic E-state index is 13.5. The van der Waals surface area contributed by atoms with E-state index in [0.717, 1.165) is 12.1 Å². The van der Waals surface area contributed by atoms with Crippen LogP contribution in [0.25, 0.3) is 11.0 Å². The molecule has 0 radical (unpaired) electrons. The second kappa shape index (κ2) is 10.8. The number of nitrogens with two attached hydrogens (primary N) is 1. The zero-order chi connectivity index (χ0) is 27.6. The molecule has 0 fully saturated rings. The fourth-order valence-corrected chi connectivity index (χ4v) is 4.05. The van der Waals surface area contributed by atoms with Crippen molar-refractivity contribution in [3.63, 3.8) is 0 Å². The van der Waals surface area contributed by atoms with E-state index < -0.39 is 29.1 Å². The Morgan fingerprint density at radius 2 is 1.87 bits per heavy atom. The van der Waals surface area contributed by atoms with Gasteiger partial charge in [0.15, 0.2) is 0 Å². The average Bonchev–Trinajstić information content (AvgIpc) is 3.31. The highest BCUT2D eigenvalue weighted by Gasteiger charge is 2.36. The van der Waals surface area contributed by atoms with Crippen LogP contribution in [0.2, 0.25) is 5.02 Å². The molecule has 4 aromatic rings. The molecule has 1 aromatic heterocycles. The minimum absolute atomic E-state index is 0.0191. The number of aromatic amines is 1. The van der Waals surface area contributed by atoms with Gasteiger partial charge in [-0.1, -0.05) is 29.8 Å². The van der Waals surface area contributed by atoms with Crippen LogP contribution in [0.3, 0.4) is 0 Å². The first-order valence-corrected chi connectivity index (χ1v) is 11.7. The molecule has 0 unspecified atom stereocenters. The second-order valence-electron chi connectivity index (χ2n) is 8.40. The summed E-state index contributed by atoms with van der Waals surface area (Å²) in [6, 6.07) is 12.1. The van der Waals surface area contributed by atoms with Gasteiger partial charge in [0.25, 0.3) is 11.8 Å². The topological polar surface area (TPSA) is 113 Å². The number of nitrogens with zero attached hydrogens (tertiary/aromatic N) is 2. The molecule has 38 heavy (non-hydrogen) atoms. The molecule has 0 saturated carbocycles. The summed E-state index contributed by atoms with van der Waals surface area (Å²) in [6.45, 7) is 2.09. The van der Waals surface area contributed by atoms with Crippen LogP contribution in [0, 0.1) is 6.92 Å². The van der Waals surface area contributed by atoms with Crippen molar-refractivity contribution in [1.82, 2.24) is 9.97 Å². The molecule has 0 saturated heterocycles. The lowest BCUT2D eigenvalue weighted by atomic mass is 10.1. The molecule has 198 valence electrons. The summed E-state index contributed by atoms with van der Waals surface area (Å²) in [5.74, 6) is 4.86. The summed E-state index contributed by atoms with van der Waals surface area (Å²) in [4.78, 5) is 34.0. The van der Waals surface area contributed by atoms with Crippen LogP contribution in [0.15, 0.2) is 54.6 Å². The molecule has 4 N–H and O–H groups in total. The maximum atomic E-state index is 13.5. The molecule has 12 heteroatoms. The zero-order valence-corrected chi connectivity index (χ0v) is 21.1. The molecular formula is C26H23ClF3N5O3. The standard InChI is InChI=1S/C26H23ClF3N5O3/c1-14-19(27)8-5-9-20(14)33-24(36)17-12-15(13-21-23(17)34-22(32-21)10-11-38-2)35(31)25(37)16-6-3-4-7-18(16)26(28,29)30/h3-9,12-13H,10-11,31H2,1-2H3,(H,32,34)(H,33,36). The lowest BCUT2D eigenvalue weighted by Gasteiger charge is -2.20. The van der Waals surface area contributed by atoms with Crippen molar-refractivity contribution in [3.05, 3.63) is 87.7 Å². The highest BCUT2D eigenvalue weighted by atomic mass is 35.5. The van der Waals surface area contributed by atoms with Gasteiger partial charge in [0, 0.05) is 24.2 Å². The SMILES string of the molecule is COCCc1nc2c(C(=O)Nc3cccc(Cl)c3C)cc(N(N)C(=O)c3ccccc3C(F)(F)F)cc2[nH]1. The third-order valence-electron chi connectivity index (χ3n) is 5.88. The number of amides is 2. The van der Waals surface area contributed by atoms with Crippen LogP contribution >= 0.6 is 11.6 Å². The first-order chi connectivity index (χ1) is 18.0. The van der Waals surface area contributed by atoms with E-state index in [-0.39, 0.29) is 16.8 Å².